The first-order valence-corrected chi connectivity index (χ1v) is 6.77. The van der Waals surface area contributed by atoms with Crippen molar-refractivity contribution >= 4 is 5.97 Å². The lowest BCUT2D eigenvalue weighted by molar-refractivity contribution is -0.163. The molecule has 106 valence electrons. The van der Waals surface area contributed by atoms with E-state index in [1.807, 2.05) is 0 Å². The van der Waals surface area contributed by atoms with Crippen LogP contribution in [0.4, 0.5) is 0 Å². The molecular weight excluding hydrogens is 232 g/mol. The molecule has 1 heterocycles. The first kappa shape index (κ1) is 15.4. The molecule has 0 aliphatic carbocycles. The number of hydrogen-bond donors (Lipinski definition) is 2. The summed E-state index contributed by atoms with van der Waals surface area (Å²) in [6, 6.07) is 0.398. The van der Waals surface area contributed by atoms with E-state index in [1.165, 1.54) is 14.0 Å². The minimum atomic E-state index is -1.43. The average Bonchev–Trinajstić information content (AvgIpc) is 2.38. The molecule has 0 saturated carbocycles. The predicted molar refractivity (Wildman–Crippen MR) is 70.4 cm³/mol. The number of aliphatic hydroxyl groups is 1. The van der Waals surface area contributed by atoms with Gasteiger partial charge in [-0.3, -0.25) is 4.90 Å². The van der Waals surface area contributed by atoms with Crippen LogP contribution in [-0.2, 0) is 9.53 Å². The van der Waals surface area contributed by atoms with Crippen molar-refractivity contribution in [1.29, 1.82) is 0 Å². The number of methoxy groups -OCH3 is 1. The van der Waals surface area contributed by atoms with Crippen molar-refractivity contribution < 1.29 is 14.6 Å². The third kappa shape index (κ3) is 4.23. The Bertz CT molecular complexity index is 263. The van der Waals surface area contributed by atoms with Crippen LogP contribution < -0.4 is 5.32 Å². The van der Waals surface area contributed by atoms with Crippen LogP contribution in [0.2, 0.25) is 0 Å². The van der Waals surface area contributed by atoms with Gasteiger partial charge in [-0.05, 0) is 39.3 Å². The van der Waals surface area contributed by atoms with Gasteiger partial charge in [0.1, 0.15) is 0 Å². The summed E-state index contributed by atoms with van der Waals surface area (Å²) in [4.78, 5) is 13.7. The normalized spacial score (nSPS) is 23.7. The van der Waals surface area contributed by atoms with Crippen LogP contribution in [0.5, 0.6) is 0 Å². The highest BCUT2D eigenvalue weighted by Crippen LogP contribution is 2.16. The third-order valence-electron chi connectivity index (χ3n) is 3.43. The lowest BCUT2D eigenvalue weighted by Crippen LogP contribution is -2.54. The van der Waals surface area contributed by atoms with Crippen molar-refractivity contribution in [2.45, 2.75) is 44.8 Å². The number of piperidine rings is 1. The summed E-state index contributed by atoms with van der Waals surface area (Å²) in [5.74, 6) is -0.563. The van der Waals surface area contributed by atoms with Gasteiger partial charge in [0.2, 0.25) is 0 Å². The molecule has 5 nitrogen and oxygen atoms in total. The van der Waals surface area contributed by atoms with Gasteiger partial charge in [-0.25, -0.2) is 4.79 Å². The van der Waals surface area contributed by atoms with Gasteiger partial charge in [0.25, 0.3) is 0 Å². The summed E-state index contributed by atoms with van der Waals surface area (Å²) >= 11 is 0. The van der Waals surface area contributed by atoms with Crippen molar-refractivity contribution in [1.82, 2.24) is 10.2 Å². The fourth-order valence-corrected chi connectivity index (χ4v) is 2.50. The van der Waals surface area contributed by atoms with Gasteiger partial charge in [-0.1, -0.05) is 6.92 Å². The highest BCUT2D eigenvalue weighted by molar-refractivity contribution is 5.78. The maximum absolute atomic E-state index is 11.5. The zero-order valence-electron chi connectivity index (χ0n) is 11.7. The van der Waals surface area contributed by atoms with E-state index in [-0.39, 0.29) is 0 Å². The SMILES string of the molecule is CCCN(CC(C)(O)C(=O)OC)C1CCCNC1. The second-order valence-electron chi connectivity index (χ2n) is 5.24. The number of carbonyl (C=O) groups is 1. The highest BCUT2D eigenvalue weighted by Gasteiger charge is 2.35. The molecule has 2 atom stereocenters. The van der Waals surface area contributed by atoms with Crippen molar-refractivity contribution in [3.05, 3.63) is 0 Å². The van der Waals surface area contributed by atoms with E-state index >= 15 is 0 Å². The molecule has 0 aromatic heterocycles. The summed E-state index contributed by atoms with van der Waals surface area (Å²) in [6.45, 7) is 6.84. The molecule has 0 aromatic rings. The molecule has 1 rings (SSSR count). The molecule has 0 amide bonds. The molecule has 1 saturated heterocycles. The van der Waals surface area contributed by atoms with Gasteiger partial charge < -0.3 is 15.2 Å². The Kier molecular flexibility index (Phi) is 6.05. The quantitative estimate of drug-likeness (QED) is 0.674. The maximum atomic E-state index is 11.5. The molecule has 2 N–H and O–H groups in total. The minimum absolute atomic E-state index is 0.333. The molecule has 1 aliphatic heterocycles. The van der Waals surface area contributed by atoms with Crippen molar-refractivity contribution in [3.63, 3.8) is 0 Å². The average molecular weight is 258 g/mol. The first-order chi connectivity index (χ1) is 8.51. The summed E-state index contributed by atoms with van der Waals surface area (Å²) in [6.07, 6.45) is 3.27. The lowest BCUT2D eigenvalue weighted by Gasteiger charge is -2.37. The molecule has 1 aliphatic rings. The molecule has 0 bridgehead atoms. The molecule has 0 radical (unpaired) electrons. The van der Waals surface area contributed by atoms with Gasteiger partial charge in [0.05, 0.1) is 7.11 Å². The number of ether oxygens (including phenoxy) is 1. The Morgan fingerprint density at radius 1 is 1.61 bits per heavy atom. The van der Waals surface area contributed by atoms with Crippen LogP contribution in [0.3, 0.4) is 0 Å². The maximum Gasteiger partial charge on any atom is 0.338 e. The van der Waals surface area contributed by atoms with Crippen LogP contribution in [0.1, 0.15) is 33.1 Å². The Labute approximate surface area is 109 Å². The van der Waals surface area contributed by atoms with E-state index in [9.17, 15) is 9.90 Å². The molecule has 0 aromatic carbocycles. The minimum Gasteiger partial charge on any atom is -0.467 e. The van der Waals surface area contributed by atoms with E-state index in [2.05, 4.69) is 21.9 Å². The van der Waals surface area contributed by atoms with Gasteiger partial charge >= 0.3 is 5.97 Å². The molecule has 1 fully saturated rings. The second-order valence-corrected chi connectivity index (χ2v) is 5.24. The van der Waals surface area contributed by atoms with Crippen molar-refractivity contribution in [2.75, 3.05) is 33.3 Å². The van der Waals surface area contributed by atoms with Crippen molar-refractivity contribution in [3.8, 4) is 0 Å². The number of hydrogen-bond acceptors (Lipinski definition) is 5. The fraction of sp³-hybridized carbons (Fsp3) is 0.923. The standard InChI is InChI=1S/C13H26N2O3/c1-4-8-15(11-6-5-7-14-9-11)10-13(2,17)12(16)18-3/h11,14,17H,4-10H2,1-3H3. The van der Waals surface area contributed by atoms with Crippen LogP contribution in [0.15, 0.2) is 0 Å². The van der Waals surface area contributed by atoms with E-state index in [1.54, 1.807) is 0 Å². The molecule has 2 unspecified atom stereocenters. The molecular formula is C13H26N2O3. The summed E-state index contributed by atoms with van der Waals surface area (Å²) in [5.41, 5.74) is -1.43. The number of esters is 1. The molecule has 0 spiro atoms. The van der Waals surface area contributed by atoms with E-state index in [4.69, 9.17) is 0 Å². The Morgan fingerprint density at radius 3 is 2.83 bits per heavy atom. The Morgan fingerprint density at radius 2 is 2.33 bits per heavy atom. The zero-order valence-corrected chi connectivity index (χ0v) is 11.7. The van der Waals surface area contributed by atoms with Crippen LogP contribution >= 0.6 is 0 Å². The summed E-state index contributed by atoms with van der Waals surface area (Å²) < 4.78 is 4.65. The highest BCUT2D eigenvalue weighted by atomic mass is 16.5. The third-order valence-corrected chi connectivity index (χ3v) is 3.43. The van der Waals surface area contributed by atoms with Crippen LogP contribution in [0, 0.1) is 0 Å². The number of nitrogens with zero attached hydrogens (tertiary/aromatic N) is 1. The van der Waals surface area contributed by atoms with Gasteiger partial charge in [0.15, 0.2) is 5.60 Å². The zero-order chi connectivity index (χ0) is 13.6. The first-order valence-electron chi connectivity index (χ1n) is 6.77. The number of carbonyl (C=O) groups excluding carboxylic acids is 1. The Hall–Kier alpha value is -0.650. The van der Waals surface area contributed by atoms with Gasteiger partial charge in [-0.2, -0.15) is 0 Å². The largest absolute Gasteiger partial charge is 0.467 e. The van der Waals surface area contributed by atoms with E-state index in [0.717, 1.165) is 38.9 Å². The monoisotopic (exact) mass is 258 g/mol. The lowest BCUT2D eigenvalue weighted by atomic mass is 10.0. The summed E-state index contributed by atoms with van der Waals surface area (Å²) in [5, 5.41) is 13.5. The molecule has 18 heavy (non-hydrogen) atoms. The predicted octanol–water partition coefficient (Wildman–Crippen LogP) is 0.374. The fourth-order valence-electron chi connectivity index (χ4n) is 2.50. The summed E-state index contributed by atoms with van der Waals surface area (Å²) in [7, 11) is 1.31. The van der Waals surface area contributed by atoms with Crippen LogP contribution in [-0.4, -0.2) is 60.9 Å². The van der Waals surface area contributed by atoms with Crippen LogP contribution in [0.25, 0.3) is 0 Å². The smallest absolute Gasteiger partial charge is 0.338 e. The van der Waals surface area contributed by atoms with Gasteiger partial charge in [-0.15, -0.1) is 0 Å². The second kappa shape index (κ2) is 7.07. The number of rotatable bonds is 6. The molecule has 5 heteroatoms. The van der Waals surface area contributed by atoms with E-state index < -0.39 is 11.6 Å². The number of nitrogens with one attached hydrogen (secondary N) is 1. The Balaban J connectivity index is 2.63. The van der Waals surface area contributed by atoms with Crippen molar-refractivity contribution in [2.24, 2.45) is 0 Å². The van der Waals surface area contributed by atoms with Gasteiger partial charge in [0, 0.05) is 19.1 Å². The topological polar surface area (TPSA) is 61.8 Å². The van der Waals surface area contributed by atoms with E-state index in [0.29, 0.717) is 12.6 Å².